The van der Waals surface area contributed by atoms with Crippen LogP contribution < -0.4 is 5.32 Å². The lowest BCUT2D eigenvalue weighted by atomic mass is 9.98. The normalized spacial score (nSPS) is 21.4. The van der Waals surface area contributed by atoms with Crippen LogP contribution in [0.2, 0.25) is 0 Å². The molecule has 2 heterocycles. The number of nitrogens with one attached hydrogen (secondary N) is 1. The van der Waals surface area contributed by atoms with Gasteiger partial charge in [-0.15, -0.1) is 12.4 Å². The van der Waals surface area contributed by atoms with Crippen LogP contribution in [0, 0.1) is 5.92 Å². The molecule has 0 spiro atoms. The number of benzene rings is 1. The van der Waals surface area contributed by atoms with Crippen molar-refractivity contribution < 1.29 is 13.2 Å². The van der Waals surface area contributed by atoms with Crippen LogP contribution in [0.1, 0.15) is 18.4 Å². The van der Waals surface area contributed by atoms with Gasteiger partial charge < -0.3 is 15.1 Å². The summed E-state index contributed by atoms with van der Waals surface area (Å²) in [5.74, 6) is -0.141. The molecule has 2 aliphatic heterocycles. The molecule has 0 saturated carbocycles. The van der Waals surface area contributed by atoms with E-state index in [9.17, 15) is 13.2 Å². The highest BCUT2D eigenvalue weighted by Crippen LogP contribution is 2.25. The molecule has 0 radical (unpaired) electrons. The van der Waals surface area contributed by atoms with Crippen LogP contribution in [-0.4, -0.2) is 81.8 Å². The van der Waals surface area contributed by atoms with Crippen molar-refractivity contribution in [3.63, 3.8) is 0 Å². The van der Waals surface area contributed by atoms with E-state index in [0.717, 1.165) is 38.0 Å². The number of nitrogens with zero attached hydrogens (tertiary/aromatic N) is 3. The van der Waals surface area contributed by atoms with Crippen molar-refractivity contribution in [2.24, 2.45) is 5.92 Å². The Hall–Kier alpha value is -1.19. The van der Waals surface area contributed by atoms with Crippen molar-refractivity contribution in [1.82, 2.24) is 19.4 Å². The van der Waals surface area contributed by atoms with Crippen molar-refractivity contribution in [3.05, 3.63) is 29.8 Å². The highest BCUT2D eigenvalue weighted by molar-refractivity contribution is 7.89. The average Bonchev–Trinajstić information content (AvgIpc) is 2.68. The van der Waals surface area contributed by atoms with Crippen LogP contribution in [0.3, 0.4) is 0 Å². The molecule has 2 fully saturated rings. The van der Waals surface area contributed by atoms with E-state index in [-0.39, 0.29) is 30.8 Å². The first-order valence-electron chi connectivity index (χ1n) is 9.61. The van der Waals surface area contributed by atoms with Gasteiger partial charge in [0.1, 0.15) is 0 Å². The van der Waals surface area contributed by atoms with Gasteiger partial charge >= 0.3 is 0 Å². The fourth-order valence-corrected chi connectivity index (χ4v) is 5.31. The number of rotatable bonds is 5. The third-order valence-electron chi connectivity index (χ3n) is 5.22. The molecule has 1 amide bonds. The summed E-state index contributed by atoms with van der Waals surface area (Å²) >= 11 is 0. The lowest BCUT2D eigenvalue weighted by molar-refractivity contribution is -0.137. The SMILES string of the molecule is CN(C)Cc1ccc(S(=O)(=O)N2CCCC(C(=O)N3CCNCC3)C2)cc1.Cl. The van der Waals surface area contributed by atoms with E-state index < -0.39 is 10.0 Å². The van der Waals surface area contributed by atoms with Gasteiger partial charge in [0.15, 0.2) is 0 Å². The van der Waals surface area contributed by atoms with Gasteiger partial charge in [0.05, 0.1) is 10.8 Å². The zero-order valence-corrected chi connectivity index (χ0v) is 18.3. The maximum atomic E-state index is 13.0. The van der Waals surface area contributed by atoms with Crippen molar-refractivity contribution in [2.75, 3.05) is 53.4 Å². The topological polar surface area (TPSA) is 73.0 Å². The minimum atomic E-state index is -3.57. The van der Waals surface area contributed by atoms with E-state index in [1.54, 1.807) is 12.1 Å². The summed E-state index contributed by atoms with van der Waals surface area (Å²) in [6, 6.07) is 7.08. The lowest BCUT2D eigenvalue weighted by Gasteiger charge is -2.35. The zero-order valence-electron chi connectivity index (χ0n) is 16.6. The summed E-state index contributed by atoms with van der Waals surface area (Å²) in [4.78, 5) is 17.0. The molecule has 1 unspecified atom stereocenters. The summed E-state index contributed by atoms with van der Waals surface area (Å²) in [7, 11) is 0.392. The monoisotopic (exact) mass is 430 g/mol. The van der Waals surface area contributed by atoms with Gasteiger partial charge in [-0.2, -0.15) is 4.31 Å². The quantitative estimate of drug-likeness (QED) is 0.754. The van der Waals surface area contributed by atoms with Crippen molar-refractivity contribution in [2.45, 2.75) is 24.3 Å². The van der Waals surface area contributed by atoms with Crippen LogP contribution in [0.25, 0.3) is 0 Å². The van der Waals surface area contributed by atoms with Crippen LogP contribution in [0.5, 0.6) is 0 Å². The lowest BCUT2D eigenvalue weighted by Crippen LogP contribution is -2.51. The van der Waals surface area contributed by atoms with Gasteiger partial charge in [0, 0.05) is 45.8 Å². The third kappa shape index (κ3) is 5.45. The third-order valence-corrected chi connectivity index (χ3v) is 7.10. The fraction of sp³-hybridized carbons (Fsp3) is 0.632. The number of piperazine rings is 1. The van der Waals surface area contributed by atoms with Gasteiger partial charge in [-0.05, 0) is 44.6 Å². The predicted molar refractivity (Wildman–Crippen MR) is 112 cm³/mol. The Balaban J connectivity index is 0.00000280. The Labute approximate surface area is 174 Å². The molecular weight excluding hydrogens is 400 g/mol. The number of sulfonamides is 1. The molecule has 28 heavy (non-hydrogen) atoms. The Morgan fingerprint density at radius 3 is 2.39 bits per heavy atom. The van der Waals surface area contributed by atoms with E-state index in [1.807, 2.05) is 36.0 Å². The molecule has 158 valence electrons. The molecule has 0 aliphatic carbocycles. The predicted octanol–water partition coefficient (Wildman–Crippen LogP) is 1.00. The van der Waals surface area contributed by atoms with Crippen molar-refractivity contribution in [1.29, 1.82) is 0 Å². The van der Waals surface area contributed by atoms with E-state index in [4.69, 9.17) is 0 Å². The number of hydrogen-bond donors (Lipinski definition) is 1. The first-order valence-corrected chi connectivity index (χ1v) is 11.1. The first-order chi connectivity index (χ1) is 12.9. The Kier molecular flexibility index (Phi) is 8.27. The second kappa shape index (κ2) is 10.0. The standard InChI is InChI=1S/C19H30N4O3S.ClH/c1-21(2)14-16-5-7-18(8-6-16)27(25,26)23-11-3-4-17(15-23)19(24)22-12-9-20-10-13-22;/h5-8,17,20H,3-4,9-15H2,1-2H3;1H. The van der Waals surface area contributed by atoms with Crippen molar-refractivity contribution >= 4 is 28.3 Å². The fourth-order valence-electron chi connectivity index (χ4n) is 3.79. The minimum Gasteiger partial charge on any atom is -0.340 e. The molecule has 1 aromatic rings. The summed E-state index contributed by atoms with van der Waals surface area (Å²) in [5.41, 5.74) is 1.07. The maximum absolute atomic E-state index is 13.0. The Morgan fingerprint density at radius 2 is 1.79 bits per heavy atom. The first kappa shape index (κ1) is 23.1. The molecular formula is C19H31ClN4O3S. The molecule has 0 aromatic heterocycles. The molecule has 7 nitrogen and oxygen atoms in total. The molecule has 1 atom stereocenters. The summed E-state index contributed by atoms with van der Waals surface area (Å²) in [5, 5.41) is 3.24. The van der Waals surface area contributed by atoms with Gasteiger partial charge in [0.25, 0.3) is 0 Å². The highest BCUT2D eigenvalue weighted by Gasteiger charge is 2.35. The molecule has 2 aliphatic rings. The molecule has 0 bridgehead atoms. The molecule has 3 rings (SSSR count). The van der Waals surface area contributed by atoms with Crippen LogP contribution >= 0.6 is 12.4 Å². The van der Waals surface area contributed by atoms with E-state index in [0.29, 0.717) is 24.5 Å². The second-order valence-electron chi connectivity index (χ2n) is 7.66. The number of amides is 1. The van der Waals surface area contributed by atoms with E-state index >= 15 is 0 Å². The Morgan fingerprint density at radius 1 is 1.14 bits per heavy atom. The van der Waals surface area contributed by atoms with Gasteiger partial charge in [0.2, 0.25) is 15.9 Å². The van der Waals surface area contributed by atoms with Gasteiger partial charge in [-0.1, -0.05) is 12.1 Å². The number of halogens is 1. The summed E-state index contributed by atoms with van der Waals surface area (Å²) in [6.45, 7) is 4.55. The number of piperidine rings is 1. The smallest absolute Gasteiger partial charge is 0.243 e. The number of hydrogen-bond acceptors (Lipinski definition) is 5. The second-order valence-corrected chi connectivity index (χ2v) is 9.60. The van der Waals surface area contributed by atoms with Crippen molar-refractivity contribution in [3.8, 4) is 0 Å². The van der Waals surface area contributed by atoms with Crippen LogP contribution in [0.15, 0.2) is 29.2 Å². The molecule has 2 saturated heterocycles. The minimum absolute atomic E-state index is 0. The largest absolute Gasteiger partial charge is 0.340 e. The number of carbonyl (C=O) groups excluding carboxylic acids is 1. The average molecular weight is 431 g/mol. The highest BCUT2D eigenvalue weighted by atomic mass is 35.5. The molecule has 9 heteroatoms. The number of carbonyl (C=O) groups is 1. The maximum Gasteiger partial charge on any atom is 0.243 e. The van der Waals surface area contributed by atoms with E-state index in [1.165, 1.54) is 4.31 Å². The van der Waals surface area contributed by atoms with Crippen LogP contribution in [0.4, 0.5) is 0 Å². The summed E-state index contributed by atoms with van der Waals surface area (Å²) in [6.07, 6.45) is 1.48. The zero-order chi connectivity index (χ0) is 19.4. The molecule has 1 aromatic carbocycles. The Bertz CT molecular complexity index is 749. The van der Waals surface area contributed by atoms with Crippen LogP contribution in [-0.2, 0) is 21.4 Å². The van der Waals surface area contributed by atoms with Gasteiger partial charge in [-0.25, -0.2) is 8.42 Å². The van der Waals surface area contributed by atoms with Gasteiger partial charge in [-0.3, -0.25) is 4.79 Å². The van der Waals surface area contributed by atoms with E-state index in [2.05, 4.69) is 5.32 Å². The summed E-state index contributed by atoms with van der Waals surface area (Å²) < 4.78 is 27.6. The molecule has 1 N–H and O–H groups in total.